The van der Waals surface area contributed by atoms with Crippen LogP contribution in [-0.2, 0) is 6.42 Å². The second-order valence-electron chi connectivity index (χ2n) is 9.00. The van der Waals surface area contributed by atoms with Crippen LogP contribution >= 0.6 is 0 Å². The third-order valence-electron chi connectivity index (χ3n) is 6.65. The van der Waals surface area contributed by atoms with Crippen LogP contribution in [0.1, 0.15) is 41.6 Å². The normalized spacial score (nSPS) is 18.2. The minimum Gasteiger partial charge on any atom is -0.306 e. The van der Waals surface area contributed by atoms with Crippen LogP contribution < -0.4 is 10.9 Å². The van der Waals surface area contributed by atoms with E-state index in [1.807, 2.05) is 17.3 Å². The molecule has 0 radical (unpaired) electrons. The number of benzene rings is 2. The van der Waals surface area contributed by atoms with Crippen molar-refractivity contribution in [3.8, 4) is 23.0 Å². The van der Waals surface area contributed by atoms with E-state index in [0.29, 0.717) is 6.04 Å². The van der Waals surface area contributed by atoms with Gasteiger partial charge in [0.25, 0.3) is 0 Å². The van der Waals surface area contributed by atoms with Crippen LogP contribution in [0, 0.1) is 18.8 Å². The first kappa shape index (κ1) is 20.8. The van der Waals surface area contributed by atoms with Crippen LogP contribution in [0.2, 0.25) is 0 Å². The van der Waals surface area contributed by atoms with Gasteiger partial charge in [-0.2, -0.15) is 0 Å². The Hall–Kier alpha value is -3.13. The van der Waals surface area contributed by atoms with E-state index in [1.54, 1.807) is 0 Å². The van der Waals surface area contributed by atoms with Crippen molar-refractivity contribution in [2.45, 2.75) is 38.6 Å². The molecule has 1 saturated heterocycles. The third-order valence-corrected chi connectivity index (χ3v) is 6.65. The first-order valence-corrected chi connectivity index (χ1v) is 11.6. The van der Waals surface area contributed by atoms with Crippen LogP contribution in [0.4, 0.5) is 5.69 Å². The molecule has 0 aliphatic carbocycles. The zero-order valence-corrected chi connectivity index (χ0v) is 18.7. The largest absolute Gasteiger partial charge is 0.306 e. The Morgan fingerprint density at radius 1 is 0.969 bits per heavy atom. The number of hydrogen-bond donors (Lipinski definition) is 1. The molecule has 32 heavy (non-hydrogen) atoms. The quantitative estimate of drug-likeness (QED) is 0.497. The summed E-state index contributed by atoms with van der Waals surface area (Å²) in [5, 5.41) is 1.99. The number of rotatable bonds is 3. The Kier molecular flexibility index (Phi) is 5.94. The van der Waals surface area contributed by atoms with E-state index in [1.165, 1.54) is 42.6 Å². The predicted octanol–water partition coefficient (Wildman–Crippen LogP) is 4.55. The molecule has 2 aliphatic heterocycles. The maximum atomic E-state index is 6.51. The van der Waals surface area contributed by atoms with Crippen molar-refractivity contribution in [2.75, 3.05) is 24.6 Å². The number of hydrazine groups is 1. The summed E-state index contributed by atoms with van der Waals surface area (Å²) in [6.07, 6.45) is 6.69. The zero-order valence-electron chi connectivity index (χ0n) is 18.7. The lowest BCUT2D eigenvalue weighted by Crippen LogP contribution is -2.50. The Morgan fingerprint density at radius 2 is 1.75 bits per heavy atom. The van der Waals surface area contributed by atoms with Crippen molar-refractivity contribution >= 4 is 5.69 Å². The summed E-state index contributed by atoms with van der Waals surface area (Å²) in [6.45, 7) is 5.60. The minimum absolute atomic E-state index is 0.397. The van der Waals surface area contributed by atoms with E-state index < -0.39 is 0 Å². The van der Waals surface area contributed by atoms with Gasteiger partial charge in [-0.1, -0.05) is 41.8 Å². The van der Waals surface area contributed by atoms with E-state index in [2.05, 4.69) is 77.2 Å². The number of nitrogens with two attached hydrogens (primary N) is 1. The van der Waals surface area contributed by atoms with Gasteiger partial charge in [-0.3, -0.25) is 0 Å². The molecule has 0 amide bonds. The summed E-state index contributed by atoms with van der Waals surface area (Å²) in [5.41, 5.74) is 7.77. The molecule has 5 rings (SSSR count). The van der Waals surface area contributed by atoms with Gasteiger partial charge >= 0.3 is 0 Å². The van der Waals surface area contributed by atoms with Crippen molar-refractivity contribution in [1.29, 1.82) is 0 Å². The molecule has 1 atom stereocenters. The van der Waals surface area contributed by atoms with Crippen molar-refractivity contribution in [2.24, 2.45) is 5.84 Å². The van der Waals surface area contributed by atoms with Gasteiger partial charge in [-0.05, 0) is 87.0 Å². The Labute approximate surface area is 191 Å². The molecule has 1 unspecified atom stereocenters. The molecule has 0 saturated carbocycles. The smallest absolute Gasteiger partial charge is 0.113 e. The predicted molar refractivity (Wildman–Crippen MR) is 131 cm³/mol. The van der Waals surface area contributed by atoms with Crippen LogP contribution in [0.15, 0.2) is 60.8 Å². The van der Waals surface area contributed by atoms with E-state index in [4.69, 9.17) is 5.84 Å². The van der Waals surface area contributed by atoms with E-state index in [9.17, 15) is 0 Å². The number of nitrogens with zero attached hydrogens (tertiary/aromatic N) is 3. The average molecular weight is 423 g/mol. The van der Waals surface area contributed by atoms with Crippen molar-refractivity contribution < 1.29 is 0 Å². The monoisotopic (exact) mass is 422 g/mol. The first-order chi connectivity index (χ1) is 15.7. The number of pyridine rings is 1. The average Bonchev–Trinajstić information content (AvgIpc) is 3.34. The molecule has 162 valence electrons. The van der Waals surface area contributed by atoms with E-state index in [-0.39, 0.29) is 0 Å². The Morgan fingerprint density at radius 3 is 2.50 bits per heavy atom. The van der Waals surface area contributed by atoms with Gasteiger partial charge in [0.2, 0.25) is 0 Å². The lowest BCUT2D eigenvalue weighted by molar-refractivity contribution is 0.296. The van der Waals surface area contributed by atoms with Crippen LogP contribution in [0.3, 0.4) is 0 Å². The molecule has 2 aromatic carbocycles. The minimum atomic E-state index is 0.397. The van der Waals surface area contributed by atoms with Gasteiger partial charge in [-0.25, -0.2) is 10.8 Å². The zero-order chi connectivity index (χ0) is 21.9. The molecule has 0 bridgehead atoms. The summed E-state index contributed by atoms with van der Waals surface area (Å²) < 4.78 is 0. The fraction of sp³-hybridized carbons (Fsp3) is 0.321. The summed E-state index contributed by atoms with van der Waals surface area (Å²) in [5.74, 6) is 13.0. The van der Waals surface area contributed by atoms with Gasteiger partial charge in [0.1, 0.15) is 5.69 Å². The molecular formula is C28H30N4. The fourth-order valence-corrected chi connectivity index (χ4v) is 4.74. The second-order valence-corrected chi connectivity index (χ2v) is 9.00. The molecule has 1 fully saturated rings. The summed E-state index contributed by atoms with van der Waals surface area (Å²) in [4.78, 5) is 7.09. The molecule has 2 N–H and O–H groups in total. The standard InChI is InChI=1S/C28H30N4/c1-21-4-8-23(9-5-21)25-10-13-26(30-19-25)12-6-22-7-15-28-24(18-22)11-14-27(32(28)29)20-31-16-2-3-17-31/h4-5,7-10,13,15,18-19,27H,2-3,11,14,16-17,20,29H2,1H3. The van der Waals surface area contributed by atoms with Gasteiger partial charge in [-0.15, -0.1) is 0 Å². The first-order valence-electron chi connectivity index (χ1n) is 11.6. The molecule has 4 heteroatoms. The summed E-state index contributed by atoms with van der Waals surface area (Å²) in [6, 6.07) is 19.4. The van der Waals surface area contributed by atoms with Crippen molar-refractivity contribution in [1.82, 2.24) is 9.88 Å². The number of hydrogen-bond acceptors (Lipinski definition) is 4. The fourth-order valence-electron chi connectivity index (χ4n) is 4.74. The molecular weight excluding hydrogens is 392 g/mol. The highest BCUT2D eigenvalue weighted by Gasteiger charge is 2.27. The van der Waals surface area contributed by atoms with Gasteiger partial charge in [0.15, 0.2) is 0 Å². The van der Waals surface area contributed by atoms with Crippen LogP contribution in [0.5, 0.6) is 0 Å². The molecule has 2 aliphatic rings. The highest BCUT2D eigenvalue weighted by Crippen LogP contribution is 2.30. The van der Waals surface area contributed by atoms with Crippen LogP contribution in [0.25, 0.3) is 11.1 Å². The second kappa shape index (κ2) is 9.16. The molecule has 1 aromatic heterocycles. The van der Waals surface area contributed by atoms with Crippen LogP contribution in [-0.4, -0.2) is 35.6 Å². The number of aryl methyl sites for hydroxylation is 2. The number of likely N-dealkylation sites (tertiary alicyclic amines) is 1. The maximum Gasteiger partial charge on any atom is 0.113 e. The Balaban J connectivity index is 1.28. The van der Waals surface area contributed by atoms with E-state index in [0.717, 1.165) is 41.9 Å². The van der Waals surface area contributed by atoms with Gasteiger partial charge in [0, 0.05) is 23.9 Å². The molecule has 4 nitrogen and oxygen atoms in total. The summed E-state index contributed by atoms with van der Waals surface area (Å²) in [7, 11) is 0. The van der Waals surface area contributed by atoms with Crippen molar-refractivity contribution in [3.05, 3.63) is 83.2 Å². The Bertz CT molecular complexity index is 1130. The lowest BCUT2D eigenvalue weighted by Gasteiger charge is -2.37. The number of anilines is 1. The lowest BCUT2D eigenvalue weighted by atomic mass is 9.95. The number of fused-ring (bicyclic) bond motifs is 1. The highest BCUT2D eigenvalue weighted by molar-refractivity contribution is 5.63. The van der Waals surface area contributed by atoms with Crippen molar-refractivity contribution in [3.63, 3.8) is 0 Å². The highest BCUT2D eigenvalue weighted by atomic mass is 15.4. The topological polar surface area (TPSA) is 45.4 Å². The third kappa shape index (κ3) is 4.55. The number of aromatic nitrogens is 1. The summed E-state index contributed by atoms with van der Waals surface area (Å²) >= 11 is 0. The van der Waals surface area contributed by atoms with Gasteiger partial charge < -0.3 is 9.91 Å². The van der Waals surface area contributed by atoms with E-state index >= 15 is 0 Å². The molecule has 0 spiro atoms. The molecule has 3 aromatic rings. The SMILES string of the molecule is Cc1ccc(-c2ccc(C#Cc3ccc4c(c3)CCC(CN3CCCC3)N4N)nc2)cc1. The maximum absolute atomic E-state index is 6.51. The molecule has 3 heterocycles. The van der Waals surface area contributed by atoms with Gasteiger partial charge in [0.05, 0.1) is 11.7 Å².